The summed E-state index contributed by atoms with van der Waals surface area (Å²) in [7, 11) is 1.85. The lowest BCUT2D eigenvalue weighted by molar-refractivity contribution is 0.868. The topological polar surface area (TPSA) is 49.8 Å². The van der Waals surface area contributed by atoms with Gasteiger partial charge in [-0.1, -0.05) is 11.8 Å². The Morgan fingerprint density at radius 2 is 1.93 bits per heavy atom. The van der Waals surface area contributed by atoms with Crippen LogP contribution in [0, 0.1) is 0 Å². The Bertz CT molecular complexity index is 279. The summed E-state index contributed by atoms with van der Waals surface area (Å²) in [4.78, 5) is 8.62. The molecule has 0 bridgehead atoms. The van der Waals surface area contributed by atoms with Crippen molar-refractivity contribution in [3.63, 3.8) is 0 Å². The Morgan fingerprint density at radius 3 is 2.43 bits per heavy atom. The van der Waals surface area contributed by atoms with Crippen molar-refractivity contribution in [2.75, 3.05) is 23.9 Å². The van der Waals surface area contributed by atoms with Crippen LogP contribution < -0.4 is 10.6 Å². The van der Waals surface area contributed by atoms with Crippen LogP contribution in [0.5, 0.6) is 0 Å². The van der Waals surface area contributed by atoms with Crippen LogP contribution in [0.3, 0.4) is 0 Å². The van der Waals surface area contributed by atoms with Crippen LogP contribution >= 0.6 is 11.8 Å². The van der Waals surface area contributed by atoms with Gasteiger partial charge in [-0.05, 0) is 20.1 Å². The van der Waals surface area contributed by atoms with Crippen molar-refractivity contribution in [2.24, 2.45) is 0 Å². The van der Waals surface area contributed by atoms with Crippen molar-refractivity contribution in [3.05, 3.63) is 6.07 Å². The molecule has 0 atom stereocenters. The van der Waals surface area contributed by atoms with Gasteiger partial charge in [-0.3, -0.25) is 0 Å². The van der Waals surface area contributed by atoms with Crippen molar-refractivity contribution < 1.29 is 0 Å². The summed E-state index contributed by atoms with van der Waals surface area (Å²) in [6, 6.07) is 2.28. The average Bonchev–Trinajstić information content (AvgIpc) is 2.16. The Kier molecular flexibility index (Phi) is 4.00. The molecule has 0 fully saturated rings. The largest absolute Gasteiger partial charge is 0.373 e. The molecule has 0 aliphatic heterocycles. The summed E-state index contributed by atoms with van der Waals surface area (Å²) >= 11 is 1.54. The van der Waals surface area contributed by atoms with Crippen LogP contribution in [0.25, 0.3) is 0 Å². The highest BCUT2D eigenvalue weighted by Crippen LogP contribution is 2.17. The molecule has 0 unspecified atom stereocenters. The van der Waals surface area contributed by atoms with E-state index in [9.17, 15) is 0 Å². The minimum atomic E-state index is 0.379. The Hall–Kier alpha value is -0.970. The molecule has 0 aliphatic rings. The standard InChI is InChI=1S/C9H16N4S/c1-6(2)11-8-5-7(10-3)12-9(13-8)14-4/h5-6H,1-4H3,(H2,10,11,12,13). The van der Waals surface area contributed by atoms with Crippen LogP contribution in [-0.2, 0) is 0 Å². The van der Waals surface area contributed by atoms with Gasteiger partial charge < -0.3 is 10.6 Å². The molecular formula is C9H16N4S. The molecule has 0 radical (unpaired) electrons. The van der Waals surface area contributed by atoms with E-state index in [0.29, 0.717) is 6.04 Å². The van der Waals surface area contributed by atoms with Gasteiger partial charge in [0.25, 0.3) is 0 Å². The molecule has 0 saturated heterocycles. The highest BCUT2D eigenvalue weighted by atomic mass is 32.2. The van der Waals surface area contributed by atoms with Crippen LogP contribution in [0.1, 0.15) is 13.8 Å². The van der Waals surface area contributed by atoms with Crippen LogP contribution in [-0.4, -0.2) is 29.3 Å². The molecule has 1 rings (SSSR count). The van der Waals surface area contributed by atoms with E-state index in [0.717, 1.165) is 16.8 Å². The van der Waals surface area contributed by atoms with Gasteiger partial charge in [0.05, 0.1) is 0 Å². The van der Waals surface area contributed by atoms with Gasteiger partial charge >= 0.3 is 0 Å². The Labute approximate surface area is 88.9 Å². The highest BCUT2D eigenvalue weighted by molar-refractivity contribution is 7.98. The van der Waals surface area contributed by atoms with Crippen molar-refractivity contribution in [1.29, 1.82) is 0 Å². The minimum Gasteiger partial charge on any atom is -0.373 e. The Balaban J connectivity index is 2.92. The molecule has 0 spiro atoms. The molecule has 1 aromatic rings. The second-order valence-electron chi connectivity index (χ2n) is 3.17. The first-order chi connectivity index (χ1) is 6.65. The van der Waals surface area contributed by atoms with Gasteiger partial charge in [0, 0.05) is 19.2 Å². The summed E-state index contributed by atoms with van der Waals surface area (Å²) < 4.78 is 0. The predicted molar refractivity (Wildman–Crippen MR) is 62.1 cm³/mol. The molecule has 14 heavy (non-hydrogen) atoms. The van der Waals surface area contributed by atoms with E-state index in [4.69, 9.17) is 0 Å². The van der Waals surface area contributed by atoms with E-state index in [1.54, 1.807) is 0 Å². The molecule has 4 nitrogen and oxygen atoms in total. The third kappa shape index (κ3) is 3.06. The van der Waals surface area contributed by atoms with Gasteiger partial charge in [0.15, 0.2) is 5.16 Å². The zero-order valence-corrected chi connectivity index (χ0v) is 9.77. The summed E-state index contributed by atoms with van der Waals surface area (Å²) in [5.74, 6) is 1.70. The average molecular weight is 212 g/mol. The first kappa shape index (κ1) is 11.1. The lowest BCUT2D eigenvalue weighted by atomic mass is 10.4. The molecule has 1 heterocycles. The van der Waals surface area contributed by atoms with Crippen molar-refractivity contribution in [2.45, 2.75) is 25.0 Å². The zero-order chi connectivity index (χ0) is 10.6. The van der Waals surface area contributed by atoms with Crippen molar-refractivity contribution in [1.82, 2.24) is 9.97 Å². The molecule has 0 aromatic carbocycles. The molecular weight excluding hydrogens is 196 g/mol. The van der Waals surface area contributed by atoms with E-state index < -0.39 is 0 Å². The lowest BCUT2D eigenvalue weighted by Crippen LogP contribution is -2.12. The number of hydrogen-bond donors (Lipinski definition) is 2. The fraction of sp³-hybridized carbons (Fsp3) is 0.556. The minimum absolute atomic E-state index is 0.379. The third-order valence-corrected chi connectivity index (χ3v) is 2.13. The summed E-state index contributed by atoms with van der Waals surface area (Å²) in [6.45, 7) is 4.17. The quantitative estimate of drug-likeness (QED) is 0.591. The second kappa shape index (κ2) is 5.05. The van der Waals surface area contributed by atoms with E-state index >= 15 is 0 Å². The molecule has 2 N–H and O–H groups in total. The smallest absolute Gasteiger partial charge is 0.191 e. The molecule has 0 saturated carbocycles. The first-order valence-electron chi connectivity index (χ1n) is 4.53. The molecule has 1 aromatic heterocycles. The van der Waals surface area contributed by atoms with E-state index in [1.165, 1.54) is 11.8 Å². The van der Waals surface area contributed by atoms with Crippen LogP contribution in [0.2, 0.25) is 0 Å². The predicted octanol–water partition coefficient (Wildman–Crippen LogP) is 2.06. The van der Waals surface area contributed by atoms with Gasteiger partial charge in [-0.2, -0.15) is 0 Å². The fourth-order valence-corrected chi connectivity index (χ4v) is 1.39. The number of hydrogen-bond acceptors (Lipinski definition) is 5. The van der Waals surface area contributed by atoms with Gasteiger partial charge in [0.1, 0.15) is 11.6 Å². The number of rotatable bonds is 4. The maximum absolute atomic E-state index is 4.34. The number of thioether (sulfide) groups is 1. The molecule has 78 valence electrons. The van der Waals surface area contributed by atoms with Gasteiger partial charge in [-0.15, -0.1) is 0 Å². The molecule has 0 aliphatic carbocycles. The Morgan fingerprint density at radius 1 is 1.29 bits per heavy atom. The molecule has 0 amide bonds. The van der Waals surface area contributed by atoms with E-state index in [1.807, 2.05) is 19.4 Å². The van der Waals surface area contributed by atoms with Crippen molar-refractivity contribution in [3.8, 4) is 0 Å². The van der Waals surface area contributed by atoms with Crippen LogP contribution in [0.15, 0.2) is 11.2 Å². The van der Waals surface area contributed by atoms with Gasteiger partial charge in [-0.25, -0.2) is 9.97 Å². The number of anilines is 2. The third-order valence-electron chi connectivity index (χ3n) is 1.58. The summed E-state index contributed by atoms with van der Waals surface area (Å²) in [6.07, 6.45) is 1.97. The monoisotopic (exact) mass is 212 g/mol. The SMILES string of the molecule is CNc1cc(NC(C)C)nc(SC)n1. The van der Waals surface area contributed by atoms with Crippen molar-refractivity contribution >= 4 is 23.4 Å². The summed E-state index contributed by atoms with van der Waals surface area (Å²) in [5, 5.41) is 7.04. The maximum Gasteiger partial charge on any atom is 0.191 e. The zero-order valence-electron chi connectivity index (χ0n) is 8.96. The highest BCUT2D eigenvalue weighted by Gasteiger charge is 2.03. The molecule has 5 heteroatoms. The second-order valence-corrected chi connectivity index (χ2v) is 3.95. The number of aromatic nitrogens is 2. The summed E-state index contributed by atoms with van der Waals surface area (Å²) in [5.41, 5.74) is 0. The number of nitrogens with zero attached hydrogens (tertiary/aromatic N) is 2. The number of nitrogens with one attached hydrogen (secondary N) is 2. The van der Waals surface area contributed by atoms with Gasteiger partial charge in [0.2, 0.25) is 0 Å². The maximum atomic E-state index is 4.34. The van der Waals surface area contributed by atoms with E-state index in [-0.39, 0.29) is 0 Å². The lowest BCUT2D eigenvalue weighted by Gasteiger charge is -2.10. The first-order valence-corrected chi connectivity index (χ1v) is 5.75. The normalized spacial score (nSPS) is 10.4. The van der Waals surface area contributed by atoms with Crippen LogP contribution in [0.4, 0.5) is 11.6 Å². The van der Waals surface area contributed by atoms with E-state index in [2.05, 4.69) is 34.4 Å². The fourth-order valence-electron chi connectivity index (χ4n) is 1.01.